The fraction of sp³-hybridized carbons (Fsp3) is 0.462. The molecule has 0 unspecified atom stereocenters. The lowest BCUT2D eigenvalue weighted by Gasteiger charge is -2.08. The third-order valence-corrected chi connectivity index (χ3v) is 3.69. The number of anilines is 1. The van der Waals surface area contributed by atoms with Crippen molar-refractivity contribution in [2.24, 2.45) is 0 Å². The minimum absolute atomic E-state index is 0.142. The van der Waals surface area contributed by atoms with Crippen molar-refractivity contribution in [1.29, 1.82) is 0 Å². The van der Waals surface area contributed by atoms with Crippen molar-refractivity contribution in [1.82, 2.24) is 14.8 Å². The van der Waals surface area contributed by atoms with Crippen LogP contribution in [0, 0.1) is 13.8 Å². The summed E-state index contributed by atoms with van der Waals surface area (Å²) >= 11 is 3.31. The zero-order chi connectivity index (χ0) is 14.7. The average Bonchev–Trinajstić information content (AvgIpc) is 2.74. The molecule has 0 radical (unpaired) electrons. The van der Waals surface area contributed by atoms with Gasteiger partial charge in [-0.1, -0.05) is 6.92 Å². The number of aryl methyl sites for hydroxylation is 3. The Morgan fingerprint density at radius 1 is 1.45 bits per heavy atom. The first kappa shape index (κ1) is 14.8. The summed E-state index contributed by atoms with van der Waals surface area (Å²) in [6.07, 6.45) is 2.49. The summed E-state index contributed by atoms with van der Waals surface area (Å²) in [7, 11) is 0. The standard InChI is InChI=1S/C13H17BrN4O2/c1-4-5-18-13(19)12(14)10(6-16-18)15-7-11-17-8(2)9(3)20-11/h6,15H,4-5,7H2,1-3H3. The lowest BCUT2D eigenvalue weighted by molar-refractivity contribution is 0.478. The van der Waals surface area contributed by atoms with Crippen molar-refractivity contribution < 1.29 is 4.42 Å². The minimum atomic E-state index is -0.142. The molecule has 2 rings (SSSR count). The van der Waals surface area contributed by atoms with Crippen LogP contribution in [0.1, 0.15) is 30.7 Å². The zero-order valence-electron chi connectivity index (χ0n) is 11.7. The molecule has 108 valence electrons. The third-order valence-electron chi connectivity index (χ3n) is 2.92. The first-order valence-corrected chi connectivity index (χ1v) is 7.24. The molecule has 2 aromatic heterocycles. The van der Waals surface area contributed by atoms with Gasteiger partial charge in [0.25, 0.3) is 5.56 Å². The number of halogens is 1. The summed E-state index contributed by atoms with van der Waals surface area (Å²) in [5.41, 5.74) is 1.37. The van der Waals surface area contributed by atoms with E-state index in [-0.39, 0.29) is 5.56 Å². The Bertz CT molecular complexity index is 643. The van der Waals surface area contributed by atoms with Crippen LogP contribution in [-0.2, 0) is 13.1 Å². The number of aromatic nitrogens is 3. The topological polar surface area (TPSA) is 73.0 Å². The third kappa shape index (κ3) is 3.09. The molecule has 0 aliphatic heterocycles. The Hall–Kier alpha value is -1.63. The number of nitrogens with one attached hydrogen (secondary N) is 1. The van der Waals surface area contributed by atoms with Crippen LogP contribution in [0.3, 0.4) is 0 Å². The SMILES string of the molecule is CCCn1ncc(NCc2nc(C)c(C)o2)c(Br)c1=O. The summed E-state index contributed by atoms with van der Waals surface area (Å²) < 4.78 is 7.39. The van der Waals surface area contributed by atoms with Gasteiger partial charge in [-0.2, -0.15) is 5.10 Å². The van der Waals surface area contributed by atoms with E-state index in [4.69, 9.17) is 4.42 Å². The van der Waals surface area contributed by atoms with Gasteiger partial charge in [0.2, 0.25) is 5.89 Å². The molecule has 0 saturated carbocycles. The van der Waals surface area contributed by atoms with Gasteiger partial charge in [-0.05, 0) is 36.2 Å². The Morgan fingerprint density at radius 2 is 2.20 bits per heavy atom. The normalized spacial score (nSPS) is 10.8. The lowest BCUT2D eigenvalue weighted by Crippen LogP contribution is -2.24. The highest BCUT2D eigenvalue weighted by atomic mass is 79.9. The van der Waals surface area contributed by atoms with Gasteiger partial charge in [0, 0.05) is 6.54 Å². The zero-order valence-corrected chi connectivity index (χ0v) is 13.3. The lowest BCUT2D eigenvalue weighted by atomic mass is 10.4. The summed E-state index contributed by atoms with van der Waals surface area (Å²) in [6, 6.07) is 0. The molecule has 0 atom stereocenters. The highest BCUT2D eigenvalue weighted by Gasteiger charge is 2.10. The van der Waals surface area contributed by atoms with Gasteiger partial charge in [-0.25, -0.2) is 9.67 Å². The molecule has 0 aliphatic carbocycles. The predicted molar refractivity (Wildman–Crippen MR) is 79.8 cm³/mol. The van der Waals surface area contributed by atoms with E-state index < -0.39 is 0 Å². The van der Waals surface area contributed by atoms with Crippen LogP contribution in [0.15, 0.2) is 19.9 Å². The van der Waals surface area contributed by atoms with Gasteiger partial charge < -0.3 is 9.73 Å². The fourth-order valence-corrected chi connectivity index (χ4v) is 2.19. The van der Waals surface area contributed by atoms with Crippen LogP contribution in [-0.4, -0.2) is 14.8 Å². The maximum Gasteiger partial charge on any atom is 0.283 e. The molecule has 0 spiro atoms. The van der Waals surface area contributed by atoms with Gasteiger partial charge in [0.1, 0.15) is 10.2 Å². The second-order valence-electron chi connectivity index (χ2n) is 4.50. The fourth-order valence-electron chi connectivity index (χ4n) is 1.74. The second kappa shape index (κ2) is 6.21. The van der Waals surface area contributed by atoms with Crippen LogP contribution >= 0.6 is 15.9 Å². The van der Waals surface area contributed by atoms with Gasteiger partial charge in [-0.15, -0.1) is 0 Å². The molecular weight excluding hydrogens is 324 g/mol. The molecule has 0 fully saturated rings. The molecule has 0 bridgehead atoms. The van der Waals surface area contributed by atoms with Gasteiger partial charge in [0.05, 0.1) is 24.1 Å². The highest BCUT2D eigenvalue weighted by Crippen LogP contribution is 2.17. The van der Waals surface area contributed by atoms with E-state index in [0.29, 0.717) is 29.1 Å². The number of oxazole rings is 1. The molecule has 20 heavy (non-hydrogen) atoms. The Morgan fingerprint density at radius 3 is 2.80 bits per heavy atom. The number of hydrogen-bond acceptors (Lipinski definition) is 5. The first-order valence-electron chi connectivity index (χ1n) is 6.45. The number of rotatable bonds is 5. The molecule has 1 N–H and O–H groups in total. The molecule has 2 aromatic rings. The number of nitrogens with zero attached hydrogens (tertiary/aromatic N) is 3. The maximum atomic E-state index is 12.0. The van der Waals surface area contributed by atoms with E-state index in [1.54, 1.807) is 6.20 Å². The monoisotopic (exact) mass is 340 g/mol. The van der Waals surface area contributed by atoms with Crippen molar-refractivity contribution in [3.05, 3.63) is 38.4 Å². The predicted octanol–water partition coefficient (Wildman–Crippen LogP) is 2.63. The van der Waals surface area contributed by atoms with Crippen molar-refractivity contribution in [3.63, 3.8) is 0 Å². The Kier molecular flexibility index (Phi) is 4.59. The molecule has 0 aliphatic rings. The second-order valence-corrected chi connectivity index (χ2v) is 5.30. The van der Waals surface area contributed by atoms with Gasteiger partial charge in [-0.3, -0.25) is 4.79 Å². The van der Waals surface area contributed by atoms with E-state index >= 15 is 0 Å². The van der Waals surface area contributed by atoms with E-state index in [1.807, 2.05) is 20.8 Å². The van der Waals surface area contributed by atoms with Crippen molar-refractivity contribution in [3.8, 4) is 0 Å². The quantitative estimate of drug-likeness (QED) is 0.905. The van der Waals surface area contributed by atoms with E-state index in [1.165, 1.54) is 4.68 Å². The first-order chi connectivity index (χ1) is 9.52. The van der Waals surface area contributed by atoms with Crippen LogP contribution in [0.2, 0.25) is 0 Å². The van der Waals surface area contributed by atoms with Crippen molar-refractivity contribution in [2.75, 3.05) is 5.32 Å². The van der Waals surface area contributed by atoms with Crippen LogP contribution in [0.25, 0.3) is 0 Å². The van der Waals surface area contributed by atoms with E-state index in [9.17, 15) is 4.79 Å². The van der Waals surface area contributed by atoms with Crippen molar-refractivity contribution in [2.45, 2.75) is 40.3 Å². The largest absolute Gasteiger partial charge is 0.444 e. The molecule has 6 nitrogen and oxygen atoms in total. The summed E-state index contributed by atoms with van der Waals surface area (Å²) in [5.74, 6) is 1.39. The smallest absolute Gasteiger partial charge is 0.283 e. The molecule has 2 heterocycles. The maximum absolute atomic E-state index is 12.0. The number of hydrogen-bond donors (Lipinski definition) is 1. The van der Waals surface area contributed by atoms with Crippen LogP contribution < -0.4 is 10.9 Å². The molecular formula is C13H17BrN4O2. The highest BCUT2D eigenvalue weighted by molar-refractivity contribution is 9.10. The van der Waals surface area contributed by atoms with Crippen LogP contribution in [0.5, 0.6) is 0 Å². The summed E-state index contributed by atoms with van der Waals surface area (Å²) in [5, 5.41) is 7.23. The molecule has 0 saturated heterocycles. The van der Waals surface area contributed by atoms with Crippen molar-refractivity contribution >= 4 is 21.6 Å². The summed E-state index contributed by atoms with van der Waals surface area (Å²) in [6.45, 7) is 6.78. The minimum Gasteiger partial charge on any atom is -0.444 e. The Labute approximate surface area is 125 Å². The average molecular weight is 341 g/mol. The molecule has 7 heteroatoms. The van der Waals surface area contributed by atoms with E-state index in [2.05, 4.69) is 31.3 Å². The van der Waals surface area contributed by atoms with Gasteiger partial charge in [0.15, 0.2) is 0 Å². The van der Waals surface area contributed by atoms with Gasteiger partial charge >= 0.3 is 0 Å². The summed E-state index contributed by atoms with van der Waals surface area (Å²) in [4.78, 5) is 16.3. The van der Waals surface area contributed by atoms with E-state index in [0.717, 1.165) is 17.9 Å². The molecule has 0 aromatic carbocycles. The molecule has 0 amide bonds. The van der Waals surface area contributed by atoms with Crippen LogP contribution in [0.4, 0.5) is 5.69 Å². The Balaban J connectivity index is 2.14.